The molecule has 0 aromatic heterocycles. The average molecular weight is 352 g/mol. The molecule has 0 aliphatic rings. The minimum absolute atomic E-state index is 0.0562. The van der Waals surface area contributed by atoms with Crippen molar-refractivity contribution in [3.63, 3.8) is 0 Å². The minimum atomic E-state index is -0.727. The maximum Gasteiger partial charge on any atom is 0.355 e. The summed E-state index contributed by atoms with van der Waals surface area (Å²) in [5.74, 6) is -1.50. The van der Waals surface area contributed by atoms with Crippen molar-refractivity contribution in [3.8, 4) is 0 Å². The number of nitrogens with zero attached hydrogens (tertiary/aromatic N) is 1. The molecule has 0 saturated carbocycles. The Morgan fingerprint density at radius 3 is 2.42 bits per heavy atom. The first-order valence-corrected chi connectivity index (χ1v) is 8.61. The van der Waals surface area contributed by atoms with Crippen molar-refractivity contribution in [2.45, 2.75) is 27.7 Å². The van der Waals surface area contributed by atoms with Crippen LogP contribution in [0.1, 0.15) is 35.3 Å². The van der Waals surface area contributed by atoms with Gasteiger partial charge >= 0.3 is 5.97 Å². The van der Waals surface area contributed by atoms with E-state index in [1.54, 1.807) is 38.1 Å². The molecule has 0 heterocycles. The molecule has 2 aromatic carbocycles. The van der Waals surface area contributed by atoms with E-state index in [0.717, 1.165) is 16.8 Å². The molecule has 5 heteroatoms. The maximum atomic E-state index is 12.7. The monoisotopic (exact) mass is 352 g/mol. The van der Waals surface area contributed by atoms with Gasteiger partial charge in [-0.3, -0.25) is 10.2 Å². The second-order valence-electron chi connectivity index (χ2n) is 6.10. The fourth-order valence-electron chi connectivity index (χ4n) is 2.56. The topological polar surface area (TPSA) is 67.8 Å². The molecule has 26 heavy (non-hydrogen) atoms. The largest absolute Gasteiger partial charge is 0.461 e. The molecule has 0 aliphatic carbocycles. The number of hydrogen-bond acceptors (Lipinski definition) is 5. The minimum Gasteiger partial charge on any atom is -0.461 e. The molecule has 1 N–H and O–H groups in total. The molecule has 0 bridgehead atoms. The van der Waals surface area contributed by atoms with Crippen molar-refractivity contribution >= 4 is 23.2 Å². The number of esters is 1. The summed E-state index contributed by atoms with van der Waals surface area (Å²) in [6, 6.07) is 14.7. The van der Waals surface area contributed by atoms with E-state index >= 15 is 0 Å². The third kappa shape index (κ3) is 4.79. The van der Waals surface area contributed by atoms with Crippen molar-refractivity contribution in [1.29, 1.82) is 0 Å². The van der Waals surface area contributed by atoms with E-state index in [0.29, 0.717) is 5.56 Å². The summed E-state index contributed by atoms with van der Waals surface area (Å²) in [7, 11) is 0. The van der Waals surface area contributed by atoms with Crippen LogP contribution in [0.3, 0.4) is 0 Å². The van der Waals surface area contributed by atoms with Gasteiger partial charge in [0, 0.05) is 5.56 Å². The van der Waals surface area contributed by atoms with Crippen LogP contribution in [0.25, 0.3) is 0 Å². The number of anilines is 1. The number of aryl methyl sites for hydroxylation is 2. The Labute approximate surface area is 154 Å². The zero-order valence-electron chi connectivity index (χ0n) is 15.6. The number of hydrogen-bond donors (Lipinski definition) is 1. The van der Waals surface area contributed by atoms with Crippen molar-refractivity contribution in [3.05, 3.63) is 65.2 Å². The fraction of sp³-hybridized carbons (Fsp3) is 0.286. The van der Waals surface area contributed by atoms with Crippen LogP contribution in [-0.4, -0.2) is 24.1 Å². The average Bonchev–Trinajstić information content (AvgIpc) is 2.63. The lowest BCUT2D eigenvalue weighted by molar-refractivity contribution is -0.135. The van der Waals surface area contributed by atoms with Crippen LogP contribution in [0.2, 0.25) is 0 Å². The number of Topliss-reactive ketones (excluding diaryl/α,β-unsaturated/α-hetero) is 1. The van der Waals surface area contributed by atoms with Gasteiger partial charge < -0.3 is 4.74 Å². The smallest absolute Gasteiger partial charge is 0.355 e. The summed E-state index contributed by atoms with van der Waals surface area (Å²) >= 11 is 0. The number of nitrogens with one attached hydrogen (secondary N) is 1. The SMILES string of the molecule is CCOC(=O)C(=NNc1ccc(C)cc1C)C(C)C(=O)c1ccccc1. The van der Waals surface area contributed by atoms with Gasteiger partial charge in [0.05, 0.1) is 18.2 Å². The third-order valence-corrected chi connectivity index (χ3v) is 4.03. The lowest BCUT2D eigenvalue weighted by Crippen LogP contribution is -2.31. The molecule has 1 unspecified atom stereocenters. The number of ketones is 1. The van der Waals surface area contributed by atoms with Gasteiger partial charge in [-0.25, -0.2) is 4.79 Å². The highest BCUT2D eigenvalue weighted by Crippen LogP contribution is 2.17. The van der Waals surface area contributed by atoms with Crippen LogP contribution in [0.4, 0.5) is 5.69 Å². The predicted molar refractivity (Wildman–Crippen MR) is 104 cm³/mol. The first kappa shape index (κ1) is 19.4. The number of carbonyl (C=O) groups excluding carboxylic acids is 2. The van der Waals surface area contributed by atoms with E-state index in [9.17, 15) is 9.59 Å². The van der Waals surface area contributed by atoms with E-state index in [1.807, 2.05) is 38.1 Å². The van der Waals surface area contributed by atoms with Crippen molar-refractivity contribution in [1.82, 2.24) is 0 Å². The number of ether oxygens (including phenoxy) is 1. The molecule has 0 saturated heterocycles. The fourth-order valence-corrected chi connectivity index (χ4v) is 2.56. The van der Waals surface area contributed by atoms with Gasteiger partial charge in [-0.15, -0.1) is 0 Å². The maximum absolute atomic E-state index is 12.7. The highest BCUT2D eigenvalue weighted by atomic mass is 16.5. The van der Waals surface area contributed by atoms with Gasteiger partial charge in [-0.2, -0.15) is 5.10 Å². The van der Waals surface area contributed by atoms with Gasteiger partial charge in [-0.05, 0) is 39.3 Å². The molecule has 0 spiro atoms. The molecular weight excluding hydrogens is 328 g/mol. The Hall–Kier alpha value is -2.95. The lowest BCUT2D eigenvalue weighted by Gasteiger charge is -2.14. The quantitative estimate of drug-likeness (QED) is 0.352. The van der Waals surface area contributed by atoms with Gasteiger partial charge in [0.1, 0.15) is 0 Å². The first-order chi connectivity index (χ1) is 12.4. The van der Waals surface area contributed by atoms with Gasteiger partial charge in [0.15, 0.2) is 11.5 Å². The van der Waals surface area contributed by atoms with E-state index in [4.69, 9.17) is 4.74 Å². The number of benzene rings is 2. The number of rotatable bonds is 7. The zero-order valence-corrected chi connectivity index (χ0v) is 15.6. The summed E-state index contributed by atoms with van der Waals surface area (Å²) in [5.41, 5.74) is 6.40. The predicted octanol–water partition coefficient (Wildman–Crippen LogP) is 4.15. The van der Waals surface area contributed by atoms with Crippen LogP contribution in [0.5, 0.6) is 0 Å². The molecule has 0 fully saturated rings. The molecule has 0 radical (unpaired) electrons. The van der Waals surface area contributed by atoms with Gasteiger partial charge in [0.25, 0.3) is 0 Å². The molecule has 0 amide bonds. The zero-order chi connectivity index (χ0) is 19.1. The Kier molecular flexibility index (Phi) is 6.67. The normalized spacial score (nSPS) is 12.4. The van der Waals surface area contributed by atoms with Crippen LogP contribution in [0.15, 0.2) is 53.6 Å². The molecule has 0 aliphatic heterocycles. The Morgan fingerprint density at radius 1 is 1.12 bits per heavy atom. The second kappa shape index (κ2) is 8.94. The van der Waals surface area contributed by atoms with Crippen LogP contribution in [0, 0.1) is 19.8 Å². The standard InChI is InChI=1S/C21H24N2O3/c1-5-26-21(25)19(16(4)20(24)17-9-7-6-8-10-17)23-22-18-12-11-14(2)13-15(18)3/h6-13,16,22H,5H2,1-4H3. The number of hydrazone groups is 1. The van der Waals surface area contributed by atoms with E-state index < -0.39 is 11.9 Å². The molecule has 1 atom stereocenters. The van der Waals surface area contributed by atoms with Crippen LogP contribution >= 0.6 is 0 Å². The Morgan fingerprint density at radius 2 is 1.81 bits per heavy atom. The Balaban J connectivity index is 2.30. The lowest BCUT2D eigenvalue weighted by atomic mass is 9.95. The van der Waals surface area contributed by atoms with E-state index in [2.05, 4.69) is 10.5 Å². The Bertz CT molecular complexity index is 813. The first-order valence-electron chi connectivity index (χ1n) is 8.61. The molecule has 136 valence electrons. The highest BCUT2D eigenvalue weighted by Gasteiger charge is 2.27. The van der Waals surface area contributed by atoms with Gasteiger partial charge in [0.2, 0.25) is 0 Å². The number of carbonyl (C=O) groups is 2. The summed E-state index contributed by atoms with van der Waals surface area (Å²) in [5, 5.41) is 4.22. The summed E-state index contributed by atoms with van der Waals surface area (Å²) in [6.45, 7) is 7.55. The van der Waals surface area contributed by atoms with Crippen molar-refractivity contribution in [2.75, 3.05) is 12.0 Å². The van der Waals surface area contributed by atoms with E-state index in [-0.39, 0.29) is 18.1 Å². The molecular formula is C21H24N2O3. The van der Waals surface area contributed by atoms with Crippen LogP contribution < -0.4 is 5.43 Å². The summed E-state index contributed by atoms with van der Waals surface area (Å²) in [4.78, 5) is 25.0. The summed E-state index contributed by atoms with van der Waals surface area (Å²) < 4.78 is 5.09. The van der Waals surface area contributed by atoms with Crippen LogP contribution in [-0.2, 0) is 9.53 Å². The van der Waals surface area contributed by atoms with E-state index in [1.165, 1.54) is 0 Å². The third-order valence-electron chi connectivity index (χ3n) is 4.03. The van der Waals surface area contributed by atoms with Crippen molar-refractivity contribution < 1.29 is 14.3 Å². The highest BCUT2D eigenvalue weighted by molar-refractivity contribution is 6.42. The molecule has 5 nitrogen and oxygen atoms in total. The van der Waals surface area contributed by atoms with Crippen molar-refractivity contribution in [2.24, 2.45) is 11.0 Å². The molecule has 2 rings (SSSR count). The summed E-state index contributed by atoms with van der Waals surface area (Å²) in [6.07, 6.45) is 0. The molecule has 2 aromatic rings. The van der Waals surface area contributed by atoms with Gasteiger partial charge in [-0.1, -0.05) is 48.0 Å². The second-order valence-corrected chi connectivity index (χ2v) is 6.10.